The lowest BCUT2D eigenvalue weighted by Crippen LogP contribution is -2.22. The predicted octanol–water partition coefficient (Wildman–Crippen LogP) is 4.66. The first-order valence-corrected chi connectivity index (χ1v) is 10.8. The molecule has 0 saturated heterocycles. The molecule has 2 aromatic heterocycles. The smallest absolute Gasteiger partial charge is 0.230 e. The highest BCUT2D eigenvalue weighted by Gasteiger charge is 2.28. The SMILES string of the molecule is CC(=O)N(c1cccc(C)c1)c1nc(CSc2nnc(C)n2C2CC2)cs1. The Balaban J connectivity index is 1.51. The van der Waals surface area contributed by atoms with Gasteiger partial charge >= 0.3 is 0 Å². The second-order valence-electron chi connectivity index (χ2n) is 6.73. The van der Waals surface area contributed by atoms with E-state index in [2.05, 4.69) is 14.8 Å². The number of hydrogen-bond acceptors (Lipinski definition) is 6. The molecule has 0 aliphatic heterocycles. The van der Waals surface area contributed by atoms with Crippen LogP contribution >= 0.6 is 23.1 Å². The number of aryl methyl sites for hydroxylation is 2. The Hall–Kier alpha value is -2.19. The molecule has 1 fully saturated rings. The van der Waals surface area contributed by atoms with Crippen LogP contribution in [-0.2, 0) is 10.5 Å². The van der Waals surface area contributed by atoms with Crippen LogP contribution in [0.4, 0.5) is 10.8 Å². The third-order valence-corrected chi connectivity index (χ3v) is 6.25. The van der Waals surface area contributed by atoms with Gasteiger partial charge in [0, 0.05) is 24.1 Å². The molecule has 1 amide bonds. The molecule has 0 N–H and O–H groups in total. The maximum atomic E-state index is 12.2. The highest BCUT2D eigenvalue weighted by molar-refractivity contribution is 7.98. The molecule has 27 heavy (non-hydrogen) atoms. The van der Waals surface area contributed by atoms with Crippen molar-refractivity contribution in [2.75, 3.05) is 4.90 Å². The van der Waals surface area contributed by atoms with E-state index in [-0.39, 0.29) is 5.91 Å². The number of carbonyl (C=O) groups excluding carboxylic acids is 1. The fraction of sp³-hybridized carbons (Fsp3) is 0.368. The first-order chi connectivity index (χ1) is 13.0. The van der Waals surface area contributed by atoms with Gasteiger partial charge in [-0.05, 0) is 44.4 Å². The number of rotatable bonds is 6. The molecule has 1 aromatic carbocycles. The normalized spacial score (nSPS) is 13.7. The van der Waals surface area contributed by atoms with Crippen LogP contribution in [-0.4, -0.2) is 25.7 Å². The van der Waals surface area contributed by atoms with Gasteiger partial charge in [0.2, 0.25) is 5.91 Å². The van der Waals surface area contributed by atoms with E-state index in [0.717, 1.165) is 27.9 Å². The van der Waals surface area contributed by atoms with Crippen molar-refractivity contribution >= 4 is 39.8 Å². The van der Waals surface area contributed by atoms with E-state index in [1.165, 1.54) is 24.2 Å². The molecule has 0 radical (unpaired) electrons. The van der Waals surface area contributed by atoms with E-state index in [9.17, 15) is 4.79 Å². The summed E-state index contributed by atoms with van der Waals surface area (Å²) in [6.45, 7) is 5.59. The summed E-state index contributed by atoms with van der Waals surface area (Å²) in [5.74, 6) is 1.64. The maximum absolute atomic E-state index is 12.2. The Bertz CT molecular complexity index is 976. The second kappa shape index (κ2) is 7.44. The number of nitrogens with zero attached hydrogens (tertiary/aromatic N) is 5. The van der Waals surface area contributed by atoms with Crippen LogP contribution in [0.3, 0.4) is 0 Å². The molecule has 4 rings (SSSR count). The lowest BCUT2D eigenvalue weighted by atomic mass is 10.2. The molecule has 1 saturated carbocycles. The van der Waals surface area contributed by atoms with E-state index in [4.69, 9.17) is 4.98 Å². The van der Waals surface area contributed by atoms with Gasteiger partial charge in [-0.15, -0.1) is 21.5 Å². The fourth-order valence-electron chi connectivity index (χ4n) is 3.00. The first-order valence-electron chi connectivity index (χ1n) is 8.89. The average molecular weight is 400 g/mol. The molecular weight excluding hydrogens is 378 g/mol. The number of thiazole rings is 1. The summed E-state index contributed by atoms with van der Waals surface area (Å²) >= 11 is 3.14. The zero-order chi connectivity index (χ0) is 19.0. The molecule has 1 aliphatic rings. The molecule has 0 bridgehead atoms. The van der Waals surface area contributed by atoms with Gasteiger partial charge in [0.05, 0.1) is 11.4 Å². The number of anilines is 2. The maximum Gasteiger partial charge on any atom is 0.230 e. The van der Waals surface area contributed by atoms with Gasteiger partial charge in [0.15, 0.2) is 10.3 Å². The second-order valence-corrected chi connectivity index (χ2v) is 8.51. The predicted molar refractivity (Wildman–Crippen MR) is 109 cm³/mol. The summed E-state index contributed by atoms with van der Waals surface area (Å²) in [5.41, 5.74) is 2.91. The standard InChI is InChI=1S/C19H21N5OS2/c1-12-5-4-6-17(9-12)24(14(3)25)18-20-15(10-26-18)11-27-19-22-21-13(2)23(19)16-7-8-16/h4-6,9-10,16H,7-8,11H2,1-3H3. The topological polar surface area (TPSA) is 63.9 Å². The van der Waals surface area contributed by atoms with Gasteiger partial charge in [0.1, 0.15) is 5.82 Å². The van der Waals surface area contributed by atoms with Crippen molar-refractivity contribution in [2.24, 2.45) is 0 Å². The molecule has 3 aromatic rings. The zero-order valence-corrected chi connectivity index (χ0v) is 17.2. The van der Waals surface area contributed by atoms with Gasteiger partial charge in [-0.25, -0.2) is 4.98 Å². The van der Waals surface area contributed by atoms with Crippen molar-refractivity contribution in [1.29, 1.82) is 0 Å². The Kier molecular flexibility index (Phi) is 5.01. The fourth-order valence-corrected chi connectivity index (χ4v) is 4.94. The Morgan fingerprint density at radius 1 is 1.33 bits per heavy atom. The van der Waals surface area contributed by atoms with Crippen LogP contribution in [0, 0.1) is 13.8 Å². The van der Waals surface area contributed by atoms with Crippen LogP contribution in [0.25, 0.3) is 0 Å². The molecular formula is C19H21N5OS2. The van der Waals surface area contributed by atoms with Crippen molar-refractivity contribution in [2.45, 2.75) is 50.6 Å². The minimum Gasteiger partial charge on any atom is -0.303 e. The Labute approximate surface area is 166 Å². The van der Waals surface area contributed by atoms with Gasteiger partial charge in [-0.3, -0.25) is 9.69 Å². The third kappa shape index (κ3) is 3.91. The molecule has 1 aliphatic carbocycles. The average Bonchev–Trinajstić information content (AvgIpc) is 3.24. The van der Waals surface area contributed by atoms with Crippen LogP contribution in [0.2, 0.25) is 0 Å². The molecule has 8 heteroatoms. The Morgan fingerprint density at radius 3 is 2.85 bits per heavy atom. The third-order valence-electron chi connectivity index (χ3n) is 4.40. The summed E-state index contributed by atoms with van der Waals surface area (Å²) in [6, 6.07) is 8.47. The largest absolute Gasteiger partial charge is 0.303 e. The number of hydrogen-bond donors (Lipinski definition) is 0. The van der Waals surface area contributed by atoms with Crippen molar-refractivity contribution in [1.82, 2.24) is 19.7 Å². The van der Waals surface area contributed by atoms with Crippen molar-refractivity contribution in [3.8, 4) is 0 Å². The van der Waals surface area contributed by atoms with Crippen LogP contribution in [0.15, 0.2) is 34.8 Å². The number of amides is 1. The summed E-state index contributed by atoms with van der Waals surface area (Å²) < 4.78 is 2.23. The molecule has 2 heterocycles. The van der Waals surface area contributed by atoms with Crippen LogP contribution < -0.4 is 4.90 Å². The van der Waals surface area contributed by atoms with Gasteiger partial charge in [0.25, 0.3) is 0 Å². The Morgan fingerprint density at radius 2 is 2.15 bits per heavy atom. The first kappa shape index (κ1) is 18.2. The number of aromatic nitrogens is 4. The molecule has 140 valence electrons. The van der Waals surface area contributed by atoms with Crippen LogP contribution in [0.1, 0.15) is 42.9 Å². The monoisotopic (exact) mass is 399 g/mol. The molecule has 0 unspecified atom stereocenters. The van der Waals surface area contributed by atoms with Crippen molar-refractivity contribution < 1.29 is 4.79 Å². The highest BCUT2D eigenvalue weighted by Crippen LogP contribution is 2.39. The van der Waals surface area contributed by atoms with E-state index in [1.807, 2.05) is 43.5 Å². The van der Waals surface area contributed by atoms with Gasteiger partial charge in [-0.1, -0.05) is 23.9 Å². The minimum atomic E-state index is -0.0433. The van der Waals surface area contributed by atoms with E-state index in [0.29, 0.717) is 16.9 Å². The molecule has 6 nitrogen and oxygen atoms in total. The number of carbonyl (C=O) groups is 1. The summed E-state index contributed by atoms with van der Waals surface area (Å²) in [5, 5.41) is 12.2. The summed E-state index contributed by atoms with van der Waals surface area (Å²) in [6.07, 6.45) is 2.41. The lowest BCUT2D eigenvalue weighted by molar-refractivity contribution is -0.115. The van der Waals surface area contributed by atoms with Gasteiger partial charge < -0.3 is 4.57 Å². The van der Waals surface area contributed by atoms with E-state index < -0.39 is 0 Å². The highest BCUT2D eigenvalue weighted by atomic mass is 32.2. The summed E-state index contributed by atoms with van der Waals surface area (Å²) in [7, 11) is 0. The molecule has 0 spiro atoms. The van der Waals surface area contributed by atoms with Crippen molar-refractivity contribution in [3.05, 3.63) is 46.7 Å². The lowest BCUT2D eigenvalue weighted by Gasteiger charge is -2.18. The van der Waals surface area contributed by atoms with Crippen LogP contribution in [0.5, 0.6) is 0 Å². The minimum absolute atomic E-state index is 0.0433. The zero-order valence-electron chi connectivity index (χ0n) is 15.5. The summed E-state index contributed by atoms with van der Waals surface area (Å²) in [4.78, 5) is 18.6. The van der Waals surface area contributed by atoms with E-state index >= 15 is 0 Å². The number of benzene rings is 1. The van der Waals surface area contributed by atoms with E-state index in [1.54, 1.807) is 23.6 Å². The van der Waals surface area contributed by atoms with Crippen molar-refractivity contribution in [3.63, 3.8) is 0 Å². The number of thioether (sulfide) groups is 1. The molecule has 0 atom stereocenters. The quantitative estimate of drug-likeness (QED) is 0.564. The van der Waals surface area contributed by atoms with Gasteiger partial charge in [-0.2, -0.15) is 0 Å².